The molecule has 62 valence electrons. The summed E-state index contributed by atoms with van der Waals surface area (Å²) in [4.78, 5) is 21.2. The minimum absolute atomic E-state index is 0.223. The number of carbonyl (C=O) groups is 2. The molecule has 0 aliphatic carbocycles. The molecule has 1 aliphatic heterocycles. The van der Waals surface area contributed by atoms with Crippen molar-refractivity contribution in [2.24, 2.45) is 0 Å². The zero-order chi connectivity index (χ0) is 8.59. The molecule has 0 unspecified atom stereocenters. The maximum absolute atomic E-state index is 10.6. The van der Waals surface area contributed by atoms with Gasteiger partial charge in [0.15, 0.2) is 12.2 Å². The first-order chi connectivity index (χ1) is 5.04. The van der Waals surface area contributed by atoms with E-state index in [0.717, 1.165) is 0 Å². The number of hydrogen-bond donors (Lipinski definition) is 3. The molecule has 0 bridgehead atoms. The van der Waals surface area contributed by atoms with E-state index in [2.05, 4.69) is 0 Å². The summed E-state index contributed by atoms with van der Waals surface area (Å²) in [5.74, 6) is 0. The molecule has 11 heavy (non-hydrogen) atoms. The van der Waals surface area contributed by atoms with Crippen molar-refractivity contribution in [3.63, 3.8) is 0 Å². The van der Waals surface area contributed by atoms with Crippen LogP contribution in [-0.4, -0.2) is 43.9 Å². The zero-order valence-corrected chi connectivity index (χ0v) is 6.11. The molecule has 3 atom stereocenters. The predicted molar refractivity (Wildman–Crippen MR) is 35.6 cm³/mol. The van der Waals surface area contributed by atoms with E-state index < -0.39 is 28.5 Å². The highest BCUT2D eigenvalue weighted by molar-refractivity contribution is 8.26. The second kappa shape index (κ2) is 2.90. The first-order valence-corrected chi connectivity index (χ1v) is 3.65. The molecule has 1 saturated heterocycles. The first-order valence-electron chi connectivity index (χ1n) is 2.84. The van der Waals surface area contributed by atoms with Gasteiger partial charge in [-0.25, -0.2) is 0 Å². The number of aliphatic hydroxyl groups is 3. The molecule has 0 aromatic heterocycles. The van der Waals surface area contributed by atoms with Gasteiger partial charge in [0.25, 0.3) is 0 Å². The Hall–Kier alpha value is -0.430. The molecular weight excluding hydrogens is 172 g/mol. The van der Waals surface area contributed by atoms with Crippen LogP contribution in [0.4, 0.5) is 0 Å². The average molecular weight is 178 g/mol. The number of aliphatic hydroxyl groups excluding tert-OH is 3. The fourth-order valence-corrected chi connectivity index (χ4v) is 1.39. The SMILES string of the molecule is O=C1SC(=O)[C@H](O)[C@@H](O)[C@@H]1O. The van der Waals surface area contributed by atoms with E-state index in [9.17, 15) is 9.59 Å². The van der Waals surface area contributed by atoms with Gasteiger partial charge in [0.2, 0.25) is 10.2 Å². The Morgan fingerprint density at radius 3 is 1.73 bits per heavy atom. The molecule has 1 fully saturated rings. The van der Waals surface area contributed by atoms with E-state index in [1.54, 1.807) is 0 Å². The summed E-state index contributed by atoms with van der Waals surface area (Å²) >= 11 is 0.223. The Labute approximate surface area is 66.0 Å². The highest BCUT2D eigenvalue weighted by Crippen LogP contribution is 2.21. The number of hydrogen-bond acceptors (Lipinski definition) is 6. The Morgan fingerprint density at radius 1 is 1.00 bits per heavy atom. The van der Waals surface area contributed by atoms with E-state index in [1.807, 2.05) is 0 Å². The average Bonchev–Trinajstić information content (AvgIpc) is 1.97. The minimum Gasteiger partial charge on any atom is -0.387 e. The van der Waals surface area contributed by atoms with Gasteiger partial charge in [0.05, 0.1) is 0 Å². The molecule has 0 saturated carbocycles. The summed E-state index contributed by atoms with van der Waals surface area (Å²) in [6.45, 7) is 0. The fourth-order valence-electron chi connectivity index (χ4n) is 0.671. The van der Waals surface area contributed by atoms with E-state index >= 15 is 0 Å². The van der Waals surface area contributed by atoms with Crippen molar-refractivity contribution in [1.29, 1.82) is 0 Å². The quantitative estimate of drug-likeness (QED) is 0.392. The van der Waals surface area contributed by atoms with Crippen LogP contribution in [0.3, 0.4) is 0 Å². The van der Waals surface area contributed by atoms with Gasteiger partial charge >= 0.3 is 0 Å². The Morgan fingerprint density at radius 2 is 1.36 bits per heavy atom. The van der Waals surface area contributed by atoms with Crippen LogP contribution in [0.2, 0.25) is 0 Å². The molecule has 5 nitrogen and oxygen atoms in total. The van der Waals surface area contributed by atoms with Crippen LogP contribution in [0.5, 0.6) is 0 Å². The molecule has 0 amide bonds. The van der Waals surface area contributed by atoms with Gasteiger partial charge in [-0.2, -0.15) is 0 Å². The van der Waals surface area contributed by atoms with Crippen LogP contribution in [0.15, 0.2) is 0 Å². The third-order valence-corrected chi connectivity index (χ3v) is 2.22. The smallest absolute Gasteiger partial charge is 0.227 e. The largest absolute Gasteiger partial charge is 0.387 e. The van der Waals surface area contributed by atoms with Crippen molar-refractivity contribution < 1.29 is 24.9 Å². The van der Waals surface area contributed by atoms with E-state index in [-0.39, 0.29) is 11.8 Å². The lowest BCUT2D eigenvalue weighted by Crippen LogP contribution is -2.49. The molecule has 0 radical (unpaired) electrons. The van der Waals surface area contributed by atoms with Crippen LogP contribution < -0.4 is 0 Å². The molecule has 0 aromatic rings. The van der Waals surface area contributed by atoms with Gasteiger partial charge < -0.3 is 15.3 Å². The van der Waals surface area contributed by atoms with Crippen molar-refractivity contribution in [3.8, 4) is 0 Å². The van der Waals surface area contributed by atoms with E-state index in [4.69, 9.17) is 15.3 Å². The van der Waals surface area contributed by atoms with Crippen LogP contribution in [0.1, 0.15) is 0 Å². The minimum atomic E-state index is -1.68. The topological polar surface area (TPSA) is 94.8 Å². The lowest BCUT2D eigenvalue weighted by molar-refractivity contribution is -0.140. The third kappa shape index (κ3) is 1.43. The number of rotatable bonds is 0. The van der Waals surface area contributed by atoms with Gasteiger partial charge in [-0.3, -0.25) is 9.59 Å². The second-order valence-corrected chi connectivity index (χ2v) is 3.13. The monoisotopic (exact) mass is 178 g/mol. The van der Waals surface area contributed by atoms with Gasteiger partial charge in [0, 0.05) is 0 Å². The molecule has 6 heteroatoms. The maximum Gasteiger partial charge on any atom is 0.227 e. The summed E-state index contributed by atoms with van der Waals surface area (Å²) in [7, 11) is 0. The van der Waals surface area contributed by atoms with Gasteiger partial charge in [-0.1, -0.05) is 0 Å². The third-order valence-electron chi connectivity index (χ3n) is 1.33. The second-order valence-electron chi connectivity index (χ2n) is 2.12. The summed E-state index contributed by atoms with van der Waals surface area (Å²) in [6, 6.07) is 0. The lowest BCUT2D eigenvalue weighted by Gasteiger charge is -2.24. The normalized spacial score (nSPS) is 39.4. The summed E-state index contributed by atoms with van der Waals surface area (Å²) in [6.07, 6.45) is -5.00. The molecule has 1 rings (SSSR count). The first kappa shape index (κ1) is 8.66. The molecule has 0 spiro atoms. The van der Waals surface area contributed by atoms with Gasteiger partial charge in [0.1, 0.15) is 6.10 Å². The number of carbonyl (C=O) groups excluding carboxylic acids is 2. The molecule has 1 aliphatic rings. The standard InChI is InChI=1S/C5H6O5S/c6-1-2(7)4(9)11-5(10)3(1)8/h1-3,6-8H/t1-,2-,3+. The summed E-state index contributed by atoms with van der Waals surface area (Å²) in [5, 5.41) is 24.8. The molecular formula is C5H6O5S. The highest BCUT2D eigenvalue weighted by Gasteiger charge is 2.41. The van der Waals surface area contributed by atoms with E-state index in [1.165, 1.54) is 0 Å². The van der Waals surface area contributed by atoms with Crippen molar-refractivity contribution in [3.05, 3.63) is 0 Å². The molecule has 1 heterocycles. The lowest BCUT2D eigenvalue weighted by atomic mass is 10.1. The number of thioether (sulfide) groups is 1. The Kier molecular flexibility index (Phi) is 2.28. The Bertz CT molecular complexity index is 183. The Balaban J connectivity index is 2.78. The van der Waals surface area contributed by atoms with Crippen molar-refractivity contribution in [2.45, 2.75) is 18.3 Å². The van der Waals surface area contributed by atoms with Crippen molar-refractivity contribution in [2.75, 3.05) is 0 Å². The van der Waals surface area contributed by atoms with Crippen molar-refractivity contribution >= 4 is 22.0 Å². The molecule has 0 aromatic carbocycles. The van der Waals surface area contributed by atoms with Gasteiger partial charge in [-0.15, -0.1) is 0 Å². The van der Waals surface area contributed by atoms with Crippen LogP contribution in [0, 0.1) is 0 Å². The molecule has 3 N–H and O–H groups in total. The van der Waals surface area contributed by atoms with Crippen molar-refractivity contribution in [1.82, 2.24) is 0 Å². The summed E-state index contributed by atoms with van der Waals surface area (Å²) < 4.78 is 0. The maximum atomic E-state index is 10.6. The van der Waals surface area contributed by atoms with Gasteiger partial charge in [-0.05, 0) is 11.8 Å². The summed E-state index contributed by atoms with van der Waals surface area (Å²) in [5.41, 5.74) is 0. The van der Waals surface area contributed by atoms with Crippen LogP contribution in [0.25, 0.3) is 0 Å². The predicted octanol–water partition coefficient (Wildman–Crippen LogP) is -2.13. The highest BCUT2D eigenvalue weighted by atomic mass is 32.2. The zero-order valence-electron chi connectivity index (χ0n) is 5.30. The van der Waals surface area contributed by atoms with Crippen LogP contribution >= 0.6 is 11.8 Å². The van der Waals surface area contributed by atoms with E-state index in [0.29, 0.717) is 0 Å². The fraction of sp³-hybridized carbons (Fsp3) is 0.600. The van der Waals surface area contributed by atoms with Crippen LogP contribution in [-0.2, 0) is 9.59 Å².